The van der Waals surface area contributed by atoms with Gasteiger partial charge in [-0.1, -0.05) is 97.3 Å². The Balaban J connectivity index is 3.60. The van der Waals surface area contributed by atoms with Crippen LogP contribution in [0.15, 0.2) is 0 Å². The van der Waals surface area contributed by atoms with Gasteiger partial charge in [-0.2, -0.15) is 8.42 Å². The summed E-state index contributed by atoms with van der Waals surface area (Å²) >= 11 is 0. The third kappa shape index (κ3) is 17.7. The molecule has 27 heavy (non-hydrogen) atoms. The molecule has 0 fully saturated rings. The molecule has 0 aliphatic heterocycles. The average molecular weight is 407 g/mol. The summed E-state index contributed by atoms with van der Waals surface area (Å²) in [6.45, 7) is 4.17. The summed E-state index contributed by atoms with van der Waals surface area (Å²) in [5.41, 5.74) is 0. The van der Waals surface area contributed by atoms with E-state index in [1.807, 2.05) is 6.92 Å². The third-order valence-electron chi connectivity index (χ3n) is 5.59. The molecule has 0 spiro atoms. The predicted molar refractivity (Wildman–Crippen MR) is 116 cm³/mol. The Labute approximate surface area is 169 Å². The van der Waals surface area contributed by atoms with Crippen molar-refractivity contribution in [3.63, 3.8) is 0 Å². The van der Waals surface area contributed by atoms with Gasteiger partial charge in [0.1, 0.15) is 0 Å². The molecule has 5 heteroatoms. The van der Waals surface area contributed by atoms with E-state index in [-0.39, 0.29) is 6.10 Å². The Kier molecular flexibility index (Phi) is 17.8. The summed E-state index contributed by atoms with van der Waals surface area (Å²) < 4.78 is 32.4. The lowest BCUT2D eigenvalue weighted by atomic mass is 10.0. The first-order valence-corrected chi connectivity index (χ1v) is 13.1. The molecule has 2 unspecified atom stereocenters. The van der Waals surface area contributed by atoms with E-state index in [9.17, 15) is 18.1 Å². The normalized spacial score (nSPS) is 14.4. The van der Waals surface area contributed by atoms with Crippen molar-refractivity contribution < 1.29 is 18.1 Å². The molecule has 0 aromatic heterocycles. The summed E-state index contributed by atoms with van der Waals surface area (Å²) in [5, 5.41) is 8.90. The van der Waals surface area contributed by atoms with Crippen molar-refractivity contribution in [1.29, 1.82) is 0 Å². The van der Waals surface area contributed by atoms with Crippen LogP contribution in [0.4, 0.5) is 0 Å². The lowest BCUT2D eigenvalue weighted by Gasteiger charge is -2.15. The van der Waals surface area contributed by atoms with E-state index in [2.05, 4.69) is 6.92 Å². The average Bonchev–Trinajstić information content (AvgIpc) is 2.62. The second kappa shape index (κ2) is 17.9. The summed E-state index contributed by atoms with van der Waals surface area (Å²) in [7, 11) is -3.97. The van der Waals surface area contributed by atoms with Crippen molar-refractivity contribution in [2.75, 3.05) is 0 Å². The summed E-state index contributed by atoms with van der Waals surface area (Å²) in [6.07, 6.45) is 19.0. The van der Waals surface area contributed by atoms with Crippen LogP contribution in [0.25, 0.3) is 0 Å². The van der Waals surface area contributed by atoms with Gasteiger partial charge in [0.25, 0.3) is 10.1 Å². The van der Waals surface area contributed by atoms with Gasteiger partial charge < -0.3 is 5.11 Å². The zero-order chi connectivity index (χ0) is 20.4. The molecular weight excluding hydrogens is 360 g/mol. The van der Waals surface area contributed by atoms with E-state index in [1.165, 1.54) is 64.2 Å². The Bertz CT molecular complexity index is 409. The molecule has 0 bridgehead atoms. The van der Waals surface area contributed by atoms with Gasteiger partial charge in [-0.05, 0) is 32.1 Å². The van der Waals surface area contributed by atoms with Crippen LogP contribution in [0.2, 0.25) is 0 Å². The van der Waals surface area contributed by atoms with Gasteiger partial charge in [-0.25, -0.2) is 0 Å². The Morgan fingerprint density at radius 1 is 0.630 bits per heavy atom. The first-order chi connectivity index (χ1) is 12.9. The standard InChI is InChI=1S/C22H46O4S/c1-3-5-6-7-8-9-10-11-12-13-14-15-16-19-22(27(24,25)26)20-17-18-21(23)4-2/h21-23H,3-20H2,1-2H3,(H,24,25,26). The molecule has 0 saturated carbocycles. The van der Waals surface area contributed by atoms with E-state index >= 15 is 0 Å². The summed E-state index contributed by atoms with van der Waals surface area (Å²) in [4.78, 5) is 0. The minimum absolute atomic E-state index is 0.358. The van der Waals surface area contributed by atoms with Crippen LogP contribution in [-0.4, -0.2) is 29.4 Å². The van der Waals surface area contributed by atoms with Crippen LogP contribution in [0.1, 0.15) is 129 Å². The van der Waals surface area contributed by atoms with E-state index in [0.29, 0.717) is 32.1 Å². The van der Waals surface area contributed by atoms with Gasteiger partial charge in [0.15, 0.2) is 0 Å². The van der Waals surface area contributed by atoms with Gasteiger partial charge in [0.05, 0.1) is 11.4 Å². The quantitative estimate of drug-likeness (QED) is 0.175. The van der Waals surface area contributed by atoms with Crippen LogP contribution >= 0.6 is 0 Å². The van der Waals surface area contributed by atoms with Gasteiger partial charge in [0, 0.05) is 0 Å². The molecule has 0 rings (SSSR count). The van der Waals surface area contributed by atoms with E-state index in [4.69, 9.17) is 0 Å². The van der Waals surface area contributed by atoms with Gasteiger partial charge in [0.2, 0.25) is 0 Å². The second-order valence-corrected chi connectivity index (χ2v) is 9.86. The third-order valence-corrected chi connectivity index (χ3v) is 6.90. The monoisotopic (exact) mass is 406 g/mol. The van der Waals surface area contributed by atoms with Crippen molar-refractivity contribution in [3.05, 3.63) is 0 Å². The maximum absolute atomic E-state index is 11.5. The Hall–Kier alpha value is -0.130. The highest BCUT2D eigenvalue weighted by Gasteiger charge is 2.22. The number of unbranched alkanes of at least 4 members (excludes halogenated alkanes) is 12. The van der Waals surface area contributed by atoms with E-state index in [1.54, 1.807) is 0 Å². The summed E-state index contributed by atoms with van der Waals surface area (Å²) in [6, 6.07) is 0. The van der Waals surface area contributed by atoms with Crippen LogP contribution < -0.4 is 0 Å². The Morgan fingerprint density at radius 2 is 1.04 bits per heavy atom. The molecule has 4 nitrogen and oxygen atoms in total. The molecule has 0 heterocycles. The van der Waals surface area contributed by atoms with E-state index < -0.39 is 15.4 Å². The molecule has 0 amide bonds. The van der Waals surface area contributed by atoms with Crippen LogP contribution in [0.3, 0.4) is 0 Å². The topological polar surface area (TPSA) is 74.6 Å². The summed E-state index contributed by atoms with van der Waals surface area (Å²) in [5.74, 6) is 0. The van der Waals surface area contributed by atoms with Crippen molar-refractivity contribution >= 4 is 10.1 Å². The Morgan fingerprint density at radius 3 is 1.44 bits per heavy atom. The SMILES string of the molecule is CCCCCCCCCCCCCCCC(CCCC(O)CC)S(=O)(=O)O. The molecule has 2 N–H and O–H groups in total. The van der Waals surface area contributed by atoms with Gasteiger partial charge in [-0.3, -0.25) is 4.55 Å². The molecule has 0 radical (unpaired) electrons. The fourth-order valence-corrected chi connectivity index (χ4v) is 4.55. The van der Waals surface area contributed by atoms with Gasteiger partial charge in [-0.15, -0.1) is 0 Å². The van der Waals surface area contributed by atoms with Crippen molar-refractivity contribution in [3.8, 4) is 0 Å². The van der Waals surface area contributed by atoms with Crippen LogP contribution in [-0.2, 0) is 10.1 Å². The molecule has 0 aromatic carbocycles. The van der Waals surface area contributed by atoms with Crippen molar-refractivity contribution in [2.45, 2.75) is 141 Å². The maximum atomic E-state index is 11.5. The minimum atomic E-state index is -3.97. The highest BCUT2D eigenvalue weighted by Crippen LogP contribution is 2.19. The minimum Gasteiger partial charge on any atom is -0.393 e. The molecule has 0 aromatic rings. The molecule has 0 saturated heterocycles. The predicted octanol–water partition coefficient (Wildman–Crippen LogP) is 6.67. The first-order valence-electron chi connectivity index (χ1n) is 11.6. The number of hydrogen-bond acceptors (Lipinski definition) is 3. The number of rotatable bonds is 20. The fraction of sp³-hybridized carbons (Fsp3) is 1.00. The highest BCUT2D eigenvalue weighted by molar-refractivity contribution is 7.86. The lowest BCUT2D eigenvalue weighted by molar-refractivity contribution is 0.156. The van der Waals surface area contributed by atoms with Gasteiger partial charge >= 0.3 is 0 Å². The second-order valence-electron chi connectivity index (χ2n) is 8.16. The van der Waals surface area contributed by atoms with E-state index in [0.717, 1.165) is 19.3 Å². The highest BCUT2D eigenvalue weighted by atomic mass is 32.2. The zero-order valence-electron chi connectivity index (χ0n) is 18.0. The van der Waals surface area contributed by atoms with Crippen LogP contribution in [0.5, 0.6) is 0 Å². The smallest absolute Gasteiger partial charge is 0.267 e. The number of aliphatic hydroxyl groups excluding tert-OH is 1. The molecule has 0 aliphatic rings. The first kappa shape index (κ1) is 26.9. The largest absolute Gasteiger partial charge is 0.393 e. The molecule has 2 atom stereocenters. The fourth-order valence-electron chi connectivity index (χ4n) is 3.62. The molecule has 0 aliphatic carbocycles. The zero-order valence-corrected chi connectivity index (χ0v) is 18.8. The maximum Gasteiger partial charge on any atom is 0.267 e. The number of hydrogen-bond donors (Lipinski definition) is 2. The van der Waals surface area contributed by atoms with Crippen molar-refractivity contribution in [2.24, 2.45) is 0 Å². The van der Waals surface area contributed by atoms with Crippen LogP contribution in [0, 0.1) is 0 Å². The number of aliphatic hydroxyl groups is 1. The molecular formula is C22H46O4S. The lowest BCUT2D eigenvalue weighted by Crippen LogP contribution is -2.21. The van der Waals surface area contributed by atoms with Crippen molar-refractivity contribution in [1.82, 2.24) is 0 Å². The molecule has 164 valence electrons.